The van der Waals surface area contributed by atoms with E-state index in [1.807, 2.05) is 48.5 Å². The molecule has 3 aromatic rings. The van der Waals surface area contributed by atoms with Crippen LogP contribution in [0.4, 0.5) is 4.79 Å². The Morgan fingerprint density at radius 3 is 2.16 bits per heavy atom. The third kappa shape index (κ3) is 4.38. The molecule has 0 aliphatic heterocycles. The first-order chi connectivity index (χ1) is 15.3. The lowest BCUT2D eigenvalue weighted by Gasteiger charge is -2.18. The quantitative estimate of drug-likeness (QED) is 0.457. The molecule has 0 heterocycles. The fraction of sp³-hybridized carbons (Fsp3) is 0.167. The highest BCUT2D eigenvalue weighted by atomic mass is 35.5. The lowest BCUT2D eigenvalue weighted by molar-refractivity contribution is -0.139. The van der Waals surface area contributed by atoms with Crippen LogP contribution < -0.4 is 5.32 Å². The van der Waals surface area contributed by atoms with Gasteiger partial charge in [-0.25, -0.2) is 9.59 Å². The number of hydrogen-bond acceptors (Lipinski definition) is 4. The maximum atomic E-state index is 12.4. The Hall–Kier alpha value is -3.22. The van der Waals surface area contributed by atoms with E-state index in [4.69, 9.17) is 27.9 Å². The Morgan fingerprint density at radius 2 is 1.56 bits per heavy atom. The zero-order valence-corrected chi connectivity index (χ0v) is 18.2. The van der Waals surface area contributed by atoms with Gasteiger partial charge in [-0.05, 0) is 33.9 Å². The average Bonchev–Trinajstić information content (AvgIpc) is 3.09. The summed E-state index contributed by atoms with van der Waals surface area (Å²) in [5, 5.41) is 21.7. The first-order valence-corrected chi connectivity index (χ1v) is 10.6. The third-order valence-corrected chi connectivity index (χ3v) is 6.13. The van der Waals surface area contributed by atoms with Gasteiger partial charge in [0.25, 0.3) is 0 Å². The summed E-state index contributed by atoms with van der Waals surface area (Å²) in [4.78, 5) is 24.1. The second-order valence-electron chi connectivity index (χ2n) is 7.46. The zero-order chi connectivity index (χ0) is 22.8. The Balaban J connectivity index is 1.45. The number of amides is 1. The van der Waals surface area contributed by atoms with E-state index in [1.54, 1.807) is 0 Å². The molecule has 1 aliphatic carbocycles. The van der Waals surface area contributed by atoms with Crippen LogP contribution >= 0.6 is 23.2 Å². The maximum Gasteiger partial charge on any atom is 0.407 e. The molecule has 3 N–H and O–H groups in total. The van der Waals surface area contributed by atoms with Gasteiger partial charge in [-0.15, -0.1) is 0 Å². The summed E-state index contributed by atoms with van der Waals surface area (Å²) in [6.07, 6.45) is -0.974. The second-order valence-corrected chi connectivity index (χ2v) is 8.27. The number of carboxylic acids is 1. The predicted molar refractivity (Wildman–Crippen MR) is 121 cm³/mol. The fourth-order valence-electron chi connectivity index (χ4n) is 3.94. The van der Waals surface area contributed by atoms with Crippen molar-refractivity contribution in [2.45, 2.75) is 18.4 Å². The van der Waals surface area contributed by atoms with Gasteiger partial charge >= 0.3 is 12.1 Å². The van der Waals surface area contributed by atoms with Crippen molar-refractivity contribution >= 4 is 35.3 Å². The molecule has 0 bridgehead atoms. The van der Waals surface area contributed by atoms with Gasteiger partial charge in [0.1, 0.15) is 18.4 Å². The summed E-state index contributed by atoms with van der Waals surface area (Å²) in [6.45, 7) is 0.0675. The summed E-state index contributed by atoms with van der Waals surface area (Å²) in [7, 11) is 0. The molecule has 0 fully saturated rings. The third-order valence-electron chi connectivity index (χ3n) is 5.47. The van der Waals surface area contributed by atoms with Crippen LogP contribution in [-0.4, -0.2) is 34.9 Å². The number of alkyl carbamates (subject to hydrolysis) is 1. The van der Waals surface area contributed by atoms with Crippen LogP contribution in [0.2, 0.25) is 10.0 Å². The number of aliphatic carboxylic acids is 1. The van der Waals surface area contributed by atoms with Gasteiger partial charge in [0.05, 0.1) is 5.02 Å². The summed E-state index contributed by atoms with van der Waals surface area (Å²) in [5.41, 5.74) is 4.68. The molecule has 8 heteroatoms. The van der Waals surface area contributed by atoms with Crippen molar-refractivity contribution in [1.82, 2.24) is 5.32 Å². The number of phenols is 1. The minimum atomic E-state index is -1.29. The minimum absolute atomic E-state index is 0.0367. The van der Waals surface area contributed by atoms with Crippen LogP contribution in [0.25, 0.3) is 11.1 Å². The first-order valence-electron chi connectivity index (χ1n) is 9.86. The summed E-state index contributed by atoms with van der Waals surface area (Å²) in [6, 6.07) is 17.2. The molecule has 0 saturated carbocycles. The molecular formula is C24H19Cl2NO5. The van der Waals surface area contributed by atoms with Crippen molar-refractivity contribution in [2.75, 3.05) is 6.61 Å². The molecule has 0 aromatic heterocycles. The normalized spacial score (nSPS) is 13.2. The lowest BCUT2D eigenvalue weighted by atomic mass is 9.98. The van der Waals surface area contributed by atoms with E-state index in [2.05, 4.69) is 5.32 Å². The molecule has 0 radical (unpaired) electrons. The van der Waals surface area contributed by atoms with E-state index < -0.39 is 18.1 Å². The first kappa shape index (κ1) is 22.0. The molecule has 164 valence electrons. The monoisotopic (exact) mass is 471 g/mol. The van der Waals surface area contributed by atoms with E-state index in [1.165, 1.54) is 12.1 Å². The van der Waals surface area contributed by atoms with Crippen LogP contribution in [0, 0.1) is 0 Å². The Labute approximate surface area is 194 Å². The van der Waals surface area contributed by atoms with E-state index in [0.29, 0.717) is 5.56 Å². The SMILES string of the molecule is O=C(N[C@@H](Cc1cc(Cl)c(O)cc1Cl)C(=O)O)OCC1c2ccccc2-c2ccccc21. The second kappa shape index (κ2) is 9.10. The highest BCUT2D eigenvalue weighted by Gasteiger charge is 2.30. The standard InChI is InChI=1S/C24H19Cl2NO5/c25-19-11-22(28)20(26)9-13(19)10-21(23(29)30)27-24(31)32-12-18-16-7-3-1-5-14(16)15-6-2-4-8-17(15)18/h1-9,11,18,21,28H,10,12H2,(H,27,31)(H,29,30)/t21-/m0/s1. The smallest absolute Gasteiger partial charge is 0.407 e. The van der Waals surface area contributed by atoms with Crippen LogP contribution in [0.5, 0.6) is 5.75 Å². The molecule has 32 heavy (non-hydrogen) atoms. The van der Waals surface area contributed by atoms with Crippen molar-refractivity contribution in [3.8, 4) is 16.9 Å². The Kier molecular flexibility index (Phi) is 6.26. The number of benzene rings is 3. The molecule has 1 atom stereocenters. The fourth-order valence-corrected chi connectivity index (χ4v) is 4.36. The van der Waals surface area contributed by atoms with Crippen LogP contribution in [0.15, 0.2) is 60.7 Å². The number of carbonyl (C=O) groups is 2. The number of fused-ring (bicyclic) bond motifs is 3. The number of hydrogen-bond donors (Lipinski definition) is 3. The molecule has 0 saturated heterocycles. The molecule has 3 aromatic carbocycles. The number of rotatable bonds is 6. The summed E-state index contributed by atoms with van der Waals surface area (Å²) < 4.78 is 5.42. The average molecular weight is 472 g/mol. The summed E-state index contributed by atoms with van der Waals surface area (Å²) >= 11 is 12.0. The molecule has 0 spiro atoms. The van der Waals surface area contributed by atoms with E-state index in [0.717, 1.165) is 22.3 Å². The van der Waals surface area contributed by atoms with Crippen molar-refractivity contribution in [1.29, 1.82) is 0 Å². The van der Waals surface area contributed by atoms with E-state index in [9.17, 15) is 19.8 Å². The highest BCUT2D eigenvalue weighted by Crippen LogP contribution is 2.44. The van der Waals surface area contributed by atoms with Gasteiger partial charge in [0.15, 0.2) is 0 Å². The largest absolute Gasteiger partial charge is 0.506 e. The molecule has 6 nitrogen and oxygen atoms in total. The van der Waals surface area contributed by atoms with Gasteiger partial charge in [-0.2, -0.15) is 0 Å². The van der Waals surface area contributed by atoms with Gasteiger partial charge in [0.2, 0.25) is 0 Å². The Morgan fingerprint density at radius 1 is 0.969 bits per heavy atom. The number of ether oxygens (including phenoxy) is 1. The number of nitrogens with one attached hydrogen (secondary N) is 1. The van der Waals surface area contributed by atoms with Gasteiger partial charge < -0.3 is 20.3 Å². The molecule has 1 amide bonds. The molecule has 1 aliphatic rings. The van der Waals surface area contributed by atoms with Gasteiger partial charge in [-0.1, -0.05) is 71.7 Å². The molecular weight excluding hydrogens is 453 g/mol. The topological polar surface area (TPSA) is 95.9 Å². The molecule has 0 unspecified atom stereocenters. The van der Waals surface area contributed by atoms with Gasteiger partial charge in [-0.3, -0.25) is 0 Å². The number of halogens is 2. The number of aromatic hydroxyl groups is 1. The lowest BCUT2D eigenvalue weighted by Crippen LogP contribution is -2.43. The summed E-state index contributed by atoms with van der Waals surface area (Å²) in [5.74, 6) is -1.60. The van der Waals surface area contributed by atoms with Crippen LogP contribution in [0.1, 0.15) is 22.6 Å². The Bertz CT molecular complexity index is 1150. The van der Waals surface area contributed by atoms with Crippen molar-refractivity contribution < 1.29 is 24.5 Å². The molecule has 4 rings (SSSR count). The van der Waals surface area contributed by atoms with E-state index in [-0.39, 0.29) is 34.7 Å². The van der Waals surface area contributed by atoms with Crippen molar-refractivity contribution in [3.63, 3.8) is 0 Å². The van der Waals surface area contributed by atoms with Crippen LogP contribution in [0.3, 0.4) is 0 Å². The van der Waals surface area contributed by atoms with Gasteiger partial charge in [0, 0.05) is 23.4 Å². The maximum absolute atomic E-state index is 12.4. The van der Waals surface area contributed by atoms with Crippen molar-refractivity contribution in [3.05, 3.63) is 87.4 Å². The van der Waals surface area contributed by atoms with Crippen molar-refractivity contribution in [2.24, 2.45) is 0 Å². The van der Waals surface area contributed by atoms with E-state index >= 15 is 0 Å². The number of carboxylic acid groups (broad SMARTS) is 1. The van der Waals surface area contributed by atoms with Crippen LogP contribution in [-0.2, 0) is 16.0 Å². The number of carbonyl (C=O) groups excluding carboxylic acids is 1. The predicted octanol–water partition coefficient (Wildman–Crippen LogP) is 5.23. The minimum Gasteiger partial charge on any atom is -0.506 e. The number of phenolic OH excluding ortho intramolecular Hbond substituents is 1. The highest BCUT2D eigenvalue weighted by molar-refractivity contribution is 6.34. The zero-order valence-electron chi connectivity index (χ0n) is 16.7.